The SMILES string of the molecule is CC(=O)Nc1ccc(SCC2OC(c3ccc(CNC(=O)c4cccnc4)cc3)OC(c3ccc(CO)cc3)C2C)cc1. The first-order valence-corrected chi connectivity index (χ1v) is 15.2. The van der Waals surface area contributed by atoms with Crippen LogP contribution in [0.2, 0.25) is 0 Å². The Bertz CT molecular complexity index is 1500. The molecule has 3 aromatic carbocycles. The molecule has 0 aliphatic carbocycles. The number of aliphatic hydroxyl groups is 1. The van der Waals surface area contributed by atoms with E-state index in [-0.39, 0.29) is 36.5 Å². The molecule has 222 valence electrons. The van der Waals surface area contributed by atoms with Crippen LogP contribution >= 0.6 is 11.8 Å². The van der Waals surface area contributed by atoms with Crippen molar-refractivity contribution < 1.29 is 24.2 Å². The molecule has 0 spiro atoms. The van der Waals surface area contributed by atoms with E-state index in [0.29, 0.717) is 17.9 Å². The van der Waals surface area contributed by atoms with E-state index in [2.05, 4.69) is 22.5 Å². The molecule has 0 saturated carbocycles. The highest BCUT2D eigenvalue weighted by molar-refractivity contribution is 7.99. The van der Waals surface area contributed by atoms with Crippen LogP contribution in [-0.4, -0.2) is 33.8 Å². The maximum Gasteiger partial charge on any atom is 0.253 e. The van der Waals surface area contributed by atoms with Crippen LogP contribution in [0.3, 0.4) is 0 Å². The van der Waals surface area contributed by atoms with Crippen LogP contribution < -0.4 is 10.6 Å². The number of carbonyl (C=O) groups excluding carboxylic acids is 2. The number of amides is 2. The van der Waals surface area contributed by atoms with Crippen molar-refractivity contribution in [3.63, 3.8) is 0 Å². The number of ether oxygens (including phenoxy) is 2. The van der Waals surface area contributed by atoms with Crippen molar-refractivity contribution in [1.29, 1.82) is 0 Å². The molecule has 0 radical (unpaired) electrons. The van der Waals surface area contributed by atoms with Crippen LogP contribution in [0.4, 0.5) is 5.69 Å². The van der Waals surface area contributed by atoms with Crippen molar-refractivity contribution in [3.05, 3.63) is 125 Å². The number of thioether (sulfide) groups is 1. The van der Waals surface area contributed by atoms with Gasteiger partial charge in [-0.3, -0.25) is 14.6 Å². The molecule has 2 amide bonds. The summed E-state index contributed by atoms with van der Waals surface area (Å²) in [5.41, 5.74) is 5.00. The third-order valence-corrected chi connectivity index (χ3v) is 8.44. The van der Waals surface area contributed by atoms with Gasteiger partial charge in [-0.15, -0.1) is 11.8 Å². The van der Waals surface area contributed by atoms with Gasteiger partial charge in [0.1, 0.15) is 0 Å². The fraction of sp³-hybridized carbons (Fsp3) is 0.265. The minimum absolute atomic E-state index is 0.0118. The molecular weight excluding hydrogens is 562 g/mol. The lowest BCUT2D eigenvalue weighted by Crippen LogP contribution is -2.38. The maximum atomic E-state index is 12.4. The van der Waals surface area contributed by atoms with Crippen molar-refractivity contribution in [1.82, 2.24) is 10.3 Å². The van der Waals surface area contributed by atoms with Crippen LogP contribution in [0.5, 0.6) is 0 Å². The molecule has 0 bridgehead atoms. The highest BCUT2D eigenvalue weighted by Crippen LogP contribution is 2.43. The number of pyridine rings is 1. The Morgan fingerprint density at radius 2 is 1.60 bits per heavy atom. The van der Waals surface area contributed by atoms with E-state index in [1.807, 2.05) is 72.8 Å². The van der Waals surface area contributed by atoms with Crippen LogP contribution in [0.15, 0.2) is 102 Å². The molecule has 2 heterocycles. The van der Waals surface area contributed by atoms with Crippen molar-refractivity contribution in [2.24, 2.45) is 5.92 Å². The molecular formula is C34H35N3O5S. The molecule has 3 N–H and O–H groups in total. The van der Waals surface area contributed by atoms with Crippen LogP contribution in [-0.2, 0) is 27.4 Å². The smallest absolute Gasteiger partial charge is 0.253 e. The first-order chi connectivity index (χ1) is 20.9. The molecule has 1 aliphatic heterocycles. The number of aliphatic hydroxyl groups excluding tert-OH is 1. The monoisotopic (exact) mass is 597 g/mol. The normalized spacial score (nSPS) is 19.9. The molecule has 1 saturated heterocycles. The van der Waals surface area contributed by atoms with Gasteiger partial charge in [0, 0.05) is 53.7 Å². The number of hydrogen-bond acceptors (Lipinski definition) is 7. The van der Waals surface area contributed by atoms with E-state index in [1.54, 1.807) is 36.3 Å². The van der Waals surface area contributed by atoms with Crippen molar-refractivity contribution in [2.75, 3.05) is 11.1 Å². The van der Waals surface area contributed by atoms with Crippen LogP contribution in [0, 0.1) is 5.92 Å². The lowest BCUT2D eigenvalue weighted by Gasteiger charge is -2.41. The molecule has 8 nitrogen and oxygen atoms in total. The highest BCUT2D eigenvalue weighted by atomic mass is 32.2. The van der Waals surface area contributed by atoms with E-state index in [9.17, 15) is 14.7 Å². The van der Waals surface area contributed by atoms with Crippen molar-refractivity contribution >= 4 is 29.3 Å². The molecule has 4 aromatic rings. The summed E-state index contributed by atoms with van der Waals surface area (Å²) >= 11 is 1.70. The topological polar surface area (TPSA) is 110 Å². The van der Waals surface area contributed by atoms with E-state index in [0.717, 1.165) is 32.8 Å². The average molecular weight is 598 g/mol. The third kappa shape index (κ3) is 8.09. The van der Waals surface area contributed by atoms with Gasteiger partial charge in [0.05, 0.1) is 24.4 Å². The quantitative estimate of drug-likeness (QED) is 0.191. The highest BCUT2D eigenvalue weighted by Gasteiger charge is 2.38. The Kier molecular flexibility index (Phi) is 10.2. The first-order valence-electron chi connectivity index (χ1n) is 14.2. The predicted octanol–water partition coefficient (Wildman–Crippen LogP) is 6.05. The summed E-state index contributed by atoms with van der Waals surface area (Å²) < 4.78 is 13.1. The van der Waals surface area contributed by atoms with E-state index < -0.39 is 6.29 Å². The zero-order chi connectivity index (χ0) is 30.2. The Morgan fingerprint density at radius 1 is 0.907 bits per heavy atom. The number of hydrogen-bond donors (Lipinski definition) is 3. The van der Waals surface area contributed by atoms with E-state index in [4.69, 9.17) is 9.47 Å². The fourth-order valence-corrected chi connectivity index (χ4v) is 5.97. The second kappa shape index (κ2) is 14.4. The largest absolute Gasteiger partial charge is 0.392 e. The maximum absolute atomic E-state index is 12.4. The molecule has 1 aromatic heterocycles. The number of nitrogens with zero attached hydrogens (tertiary/aromatic N) is 1. The van der Waals surface area contributed by atoms with Gasteiger partial charge in [-0.2, -0.15) is 0 Å². The summed E-state index contributed by atoms with van der Waals surface area (Å²) in [6.07, 6.45) is 2.28. The number of carbonyl (C=O) groups is 2. The Balaban J connectivity index is 1.29. The number of nitrogens with one attached hydrogen (secondary N) is 2. The second-order valence-corrected chi connectivity index (χ2v) is 11.6. The Labute approximate surface area is 255 Å². The summed E-state index contributed by atoms with van der Waals surface area (Å²) in [6, 6.07) is 27.0. The molecule has 43 heavy (non-hydrogen) atoms. The lowest BCUT2D eigenvalue weighted by molar-refractivity contribution is -0.268. The Morgan fingerprint density at radius 3 is 2.26 bits per heavy atom. The first kappa shape index (κ1) is 30.4. The average Bonchev–Trinajstić information content (AvgIpc) is 3.04. The van der Waals surface area contributed by atoms with Gasteiger partial charge in [-0.25, -0.2) is 0 Å². The number of benzene rings is 3. The fourth-order valence-electron chi connectivity index (χ4n) is 4.90. The van der Waals surface area contributed by atoms with Gasteiger partial charge in [-0.05, 0) is 53.1 Å². The molecule has 9 heteroatoms. The number of rotatable bonds is 10. The Hall–Kier alpha value is -4.02. The van der Waals surface area contributed by atoms with Crippen LogP contribution in [0.25, 0.3) is 0 Å². The van der Waals surface area contributed by atoms with Gasteiger partial charge in [0.2, 0.25) is 5.91 Å². The minimum Gasteiger partial charge on any atom is -0.392 e. The van der Waals surface area contributed by atoms with Crippen LogP contribution in [0.1, 0.15) is 58.9 Å². The summed E-state index contributed by atoms with van der Waals surface area (Å²) in [6.45, 7) is 4.01. The second-order valence-electron chi connectivity index (χ2n) is 10.5. The number of anilines is 1. The van der Waals surface area contributed by atoms with Gasteiger partial charge in [-0.1, -0.05) is 55.5 Å². The third-order valence-electron chi connectivity index (χ3n) is 7.34. The summed E-state index contributed by atoms with van der Waals surface area (Å²) in [7, 11) is 0. The summed E-state index contributed by atoms with van der Waals surface area (Å²) in [5.74, 6) is 0.496. The summed E-state index contributed by atoms with van der Waals surface area (Å²) in [5, 5.41) is 15.2. The predicted molar refractivity (Wildman–Crippen MR) is 166 cm³/mol. The van der Waals surface area contributed by atoms with Crippen molar-refractivity contribution in [3.8, 4) is 0 Å². The van der Waals surface area contributed by atoms with E-state index >= 15 is 0 Å². The molecule has 4 unspecified atom stereocenters. The summed E-state index contributed by atoms with van der Waals surface area (Å²) in [4.78, 5) is 28.8. The standard InChI is InChI=1S/C34H35N3O5S/c1-22-31(21-43-30-15-13-29(14-16-30)37-23(2)39)41-34(42-32(22)26-9-7-25(20-38)8-10-26)27-11-5-24(6-12-27)18-36-33(40)28-4-3-17-35-19-28/h3-17,19,22,31-32,34,38H,18,20-21H2,1-2H3,(H,36,40)(H,37,39). The van der Waals surface area contributed by atoms with Gasteiger partial charge in [0.25, 0.3) is 5.91 Å². The van der Waals surface area contributed by atoms with Crippen molar-refractivity contribution in [2.45, 2.75) is 50.4 Å². The van der Waals surface area contributed by atoms with Gasteiger partial charge in [0.15, 0.2) is 6.29 Å². The minimum atomic E-state index is -0.578. The lowest BCUT2D eigenvalue weighted by atomic mass is 9.91. The number of aromatic nitrogens is 1. The van der Waals surface area contributed by atoms with E-state index in [1.165, 1.54) is 6.92 Å². The van der Waals surface area contributed by atoms with Gasteiger partial charge >= 0.3 is 0 Å². The zero-order valence-electron chi connectivity index (χ0n) is 24.1. The molecule has 5 rings (SSSR count). The molecule has 1 fully saturated rings. The zero-order valence-corrected chi connectivity index (χ0v) is 24.9. The van der Waals surface area contributed by atoms with Gasteiger partial charge < -0.3 is 25.2 Å². The molecule has 4 atom stereocenters. The molecule has 1 aliphatic rings.